The quantitative estimate of drug-likeness (QED) is 0.580. The number of ether oxygens (including phenoxy) is 1. The van der Waals surface area contributed by atoms with Gasteiger partial charge in [-0.05, 0) is 43.4 Å². The molecule has 0 aliphatic carbocycles. The highest BCUT2D eigenvalue weighted by Crippen LogP contribution is 2.21. The second-order valence-corrected chi connectivity index (χ2v) is 4.53. The largest absolute Gasteiger partial charge is 0.462 e. The molecule has 0 radical (unpaired) electrons. The second kappa shape index (κ2) is 5.81. The molecule has 0 atom stereocenters. The second-order valence-electron chi connectivity index (χ2n) is 3.19. The van der Waals surface area contributed by atoms with Gasteiger partial charge in [0.05, 0.1) is 12.2 Å². The third-order valence-electron chi connectivity index (χ3n) is 1.87. The van der Waals surface area contributed by atoms with Crippen LogP contribution in [0.2, 0.25) is 0 Å². The Hall–Kier alpha value is -0.960. The number of carbonyl (C=O) groups excluding carboxylic acids is 1. The van der Waals surface area contributed by atoms with Gasteiger partial charge in [0.25, 0.3) is 0 Å². The van der Waals surface area contributed by atoms with Crippen LogP contribution in [0, 0.1) is 6.92 Å². The average Bonchev–Trinajstić information content (AvgIpc) is 2.17. The molecule has 0 fully saturated rings. The van der Waals surface area contributed by atoms with Gasteiger partial charge in [-0.2, -0.15) is 0 Å². The van der Waals surface area contributed by atoms with Crippen LogP contribution in [0.25, 0.3) is 0 Å². The summed E-state index contributed by atoms with van der Waals surface area (Å²) < 4.78 is 4.97. The normalized spacial score (nSPS) is 10.1. The zero-order valence-corrected chi connectivity index (χ0v) is 10.2. The maximum atomic E-state index is 11.5. The molecule has 3 heteroatoms. The van der Waals surface area contributed by atoms with Crippen LogP contribution < -0.4 is 0 Å². The van der Waals surface area contributed by atoms with Crippen LogP contribution in [0.4, 0.5) is 0 Å². The molecule has 0 aliphatic heterocycles. The summed E-state index contributed by atoms with van der Waals surface area (Å²) in [5.41, 5.74) is 1.74. The van der Waals surface area contributed by atoms with E-state index in [0.29, 0.717) is 12.2 Å². The van der Waals surface area contributed by atoms with Crippen molar-refractivity contribution in [2.75, 3.05) is 12.4 Å². The first kappa shape index (κ1) is 12.1. The van der Waals surface area contributed by atoms with Crippen LogP contribution in [0.3, 0.4) is 0 Å². The predicted octanol–water partition coefficient (Wildman–Crippen LogP) is 3.28. The summed E-state index contributed by atoms with van der Waals surface area (Å²) in [5.74, 6) is 0.769. The zero-order valence-electron chi connectivity index (χ0n) is 9.37. The van der Waals surface area contributed by atoms with Crippen molar-refractivity contribution in [2.24, 2.45) is 0 Å². The van der Waals surface area contributed by atoms with Gasteiger partial charge < -0.3 is 4.74 Å². The van der Waals surface area contributed by atoms with E-state index in [4.69, 9.17) is 4.74 Å². The van der Waals surface area contributed by atoms with E-state index >= 15 is 0 Å². The number of hydrogen-bond acceptors (Lipinski definition) is 3. The van der Waals surface area contributed by atoms with Crippen LogP contribution in [0.1, 0.15) is 29.8 Å². The third kappa shape index (κ3) is 3.59. The van der Waals surface area contributed by atoms with E-state index in [-0.39, 0.29) is 5.97 Å². The number of carbonyl (C=O) groups is 1. The van der Waals surface area contributed by atoms with E-state index in [1.54, 1.807) is 11.8 Å². The first-order valence-corrected chi connectivity index (χ1v) is 6.07. The third-order valence-corrected chi connectivity index (χ3v) is 2.73. The minimum absolute atomic E-state index is 0.237. The molecular weight excluding hydrogens is 208 g/mol. The smallest absolute Gasteiger partial charge is 0.338 e. The lowest BCUT2D eigenvalue weighted by Crippen LogP contribution is -2.04. The molecule has 82 valence electrons. The fourth-order valence-electron chi connectivity index (χ4n) is 1.33. The van der Waals surface area contributed by atoms with Gasteiger partial charge in [0.2, 0.25) is 0 Å². The van der Waals surface area contributed by atoms with E-state index in [1.807, 2.05) is 26.0 Å². The first-order chi connectivity index (χ1) is 7.17. The van der Waals surface area contributed by atoms with E-state index in [9.17, 15) is 4.79 Å². The Balaban J connectivity index is 2.92. The van der Waals surface area contributed by atoms with Gasteiger partial charge in [-0.25, -0.2) is 4.79 Å². The van der Waals surface area contributed by atoms with Gasteiger partial charge in [0.1, 0.15) is 0 Å². The Morgan fingerprint density at radius 3 is 2.67 bits per heavy atom. The fraction of sp³-hybridized carbons (Fsp3) is 0.417. The van der Waals surface area contributed by atoms with Crippen molar-refractivity contribution >= 4 is 17.7 Å². The summed E-state index contributed by atoms with van der Waals surface area (Å²) in [6, 6.07) is 5.83. The van der Waals surface area contributed by atoms with Gasteiger partial charge >= 0.3 is 5.97 Å². The molecule has 2 nitrogen and oxygen atoms in total. The Kier molecular flexibility index (Phi) is 4.69. The zero-order chi connectivity index (χ0) is 11.3. The molecule has 15 heavy (non-hydrogen) atoms. The number of hydrogen-bond donors (Lipinski definition) is 0. The molecule has 0 N–H and O–H groups in total. The minimum Gasteiger partial charge on any atom is -0.462 e. The maximum absolute atomic E-state index is 11.5. The van der Waals surface area contributed by atoms with Crippen LogP contribution in [0.15, 0.2) is 23.1 Å². The lowest BCUT2D eigenvalue weighted by Gasteiger charge is -2.06. The lowest BCUT2D eigenvalue weighted by atomic mass is 10.1. The summed E-state index contributed by atoms with van der Waals surface area (Å²) in [4.78, 5) is 12.6. The summed E-state index contributed by atoms with van der Waals surface area (Å²) in [7, 11) is 0. The monoisotopic (exact) mass is 224 g/mol. The highest BCUT2D eigenvalue weighted by Gasteiger charge is 2.08. The van der Waals surface area contributed by atoms with Gasteiger partial charge in [-0.1, -0.05) is 6.92 Å². The van der Waals surface area contributed by atoms with Gasteiger partial charge in [0, 0.05) is 4.90 Å². The molecule has 0 spiro atoms. The molecule has 0 heterocycles. The highest BCUT2D eigenvalue weighted by atomic mass is 32.2. The number of benzene rings is 1. The van der Waals surface area contributed by atoms with Crippen molar-refractivity contribution in [3.8, 4) is 0 Å². The molecule has 0 saturated carbocycles. The molecule has 0 saturated heterocycles. The van der Waals surface area contributed by atoms with Crippen molar-refractivity contribution in [2.45, 2.75) is 25.7 Å². The SMILES string of the molecule is CCOC(=O)c1cc(C)cc(SCC)c1. The van der Waals surface area contributed by atoms with Crippen LogP contribution in [0.5, 0.6) is 0 Å². The molecule has 0 unspecified atom stereocenters. The highest BCUT2D eigenvalue weighted by molar-refractivity contribution is 7.99. The number of rotatable bonds is 4. The molecular formula is C12H16O2S. The first-order valence-electron chi connectivity index (χ1n) is 5.09. The summed E-state index contributed by atoms with van der Waals surface area (Å²) in [6.07, 6.45) is 0. The van der Waals surface area contributed by atoms with E-state index < -0.39 is 0 Å². The predicted molar refractivity (Wildman–Crippen MR) is 63.5 cm³/mol. The molecule has 1 rings (SSSR count). The summed E-state index contributed by atoms with van der Waals surface area (Å²) >= 11 is 1.73. The minimum atomic E-state index is -0.237. The van der Waals surface area contributed by atoms with Crippen molar-refractivity contribution in [3.05, 3.63) is 29.3 Å². The van der Waals surface area contributed by atoms with Crippen molar-refractivity contribution in [1.29, 1.82) is 0 Å². The van der Waals surface area contributed by atoms with Gasteiger partial charge in [-0.15, -0.1) is 11.8 Å². The van der Waals surface area contributed by atoms with E-state index in [1.165, 1.54) is 0 Å². The van der Waals surface area contributed by atoms with Crippen molar-refractivity contribution < 1.29 is 9.53 Å². The molecule has 0 aromatic heterocycles. The Morgan fingerprint density at radius 2 is 2.07 bits per heavy atom. The van der Waals surface area contributed by atoms with E-state index in [0.717, 1.165) is 16.2 Å². The maximum Gasteiger partial charge on any atom is 0.338 e. The summed E-state index contributed by atoms with van der Waals surface area (Å²) in [6.45, 7) is 6.32. The van der Waals surface area contributed by atoms with Crippen LogP contribution >= 0.6 is 11.8 Å². The number of esters is 1. The molecule has 1 aromatic rings. The van der Waals surface area contributed by atoms with Crippen molar-refractivity contribution in [3.63, 3.8) is 0 Å². The van der Waals surface area contributed by atoms with Crippen LogP contribution in [-0.4, -0.2) is 18.3 Å². The average molecular weight is 224 g/mol. The van der Waals surface area contributed by atoms with Crippen LogP contribution in [-0.2, 0) is 4.74 Å². The molecule has 1 aromatic carbocycles. The van der Waals surface area contributed by atoms with E-state index in [2.05, 4.69) is 13.0 Å². The topological polar surface area (TPSA) is 26.3 Å². The Morgan fingerprint density at radius 1 is 1.33 bits per heavy atom. The van der Waals surface area contributed by atoms with Gasteiger partial charge in [-0.3, -0.25) is 0 Å². The Bertz CT molecular complexity index is 347. The number of thioether (sulfide) groups is 1. The standard InChI is InChI=1S/C12H16O2S/c1-4-14-12(13)10-6-9(3)7-11(8-10)15-5-2/h6-8H,4-5H2,1-3H3. The van der Waals surface area contributed by atoms with Crippen molar-refractivity contribution in [1.82, 2.24) is 0 Å². The summed E-state index contributed by atoms with van der Waals surface area (Å²) in [5, 5.41) is 0. The lowest BCUT2D eigenvalue weighted by molar-refractivity contribution is 0.0526. The molecule has 0 aliphatic rings. The Labute approximate surface area is 95.0 Å². The molecule has 0 amide bonds. The molecule has 0 bridgehead atoms. The van der Waals surface area contributed by atoms with Gasteiger partial charge in [0.15, 0.2) is 0 Å². The number of aryl methyl sites for hydroxylation is 1. The fourth-order valence-corrected chi connectivity index (χ4v) is 2.14.